The van der Waals surface area contributed by atoms with Crippen molar-refractivity contribution in [1.29, 1.82) is 0 Å². The molecule has 0 amide bonds. The van der Waals surface area contributed by atoms with Crippen LogP contribution in [-0.2, 0) is 6.42 Å². The first kappa shape index (κ1) is 19.3. The molecule has 2 fully saturated rings. The van der Waals surface area contributed by atoms with Crippen LogP contribution < -0.4 is 4.90 Å². The SMILES string of the molecule is C[C@@H]1C[C@H](C)CN(c2ccncc2CC(=O)c2ccc3ccn(C4CCC4)c3n2)C1. The molecule has 0 bridgehead atoms. The fraction of sp³-hybridized carbons (Fsp3) is 0.480. The molecule has 0 aromatic carbocycles. The largest absolute Gasteiger partial charge is 0.371 e. The lowest BCUT2D eigenvalue weighted by Crippen LogP contribution is -2.39. The predicted molar refractivity (Wildman–Crippen MR) is 120 cm³/mol. The average Bonchev–Trinajstić information content (AvgIpc) is 3.09. The van der Waals surface area contributed by atoms with Crippen LogP contribution in [0.1, 0.15) is 61.6 Å². The van der Waals surface area contributed by atoms with E-state index in [1.807, 2.05) is 24.5 Å². The summed E-state index contributed by atoms with van der Waals surface area (Å²) in [5.74, 6) is 1.38. The summed E-state index contributed by atoms with van der Waals surface area (Å²) in [5, 5.41) is 1.11. The van der Waals surface area contributed by atoms with Crippen LogP contribution in [0.25, 0.3) is 11.0 Å². The predicted octanol–water partition coefficient (Wildman–Crippen LogP) is 5.06. The second-order valence-corrected chi connectivity index (χ2v) is 9.37. The first-order valence-corrected chi connectivity index (χ1v) is 11.3. The van der Waals surface area contributed by atoms with Gasteiger partial charge in [0.05, 0.1) is 0 Å². The zero-order valence-electron chi connectivity index (χ0n) is 17.9. The maximum atomic E-state index is 13.2. The molecule has 0 N–H and O–H groups in total. The van der Waals surface area contributed by atoms with E-state index in [1.54, 1.807) is 0 Å². The van der Waals surface area contributed by atoms with Gasteiger partial charge < -0.3 is 9.47 Å². The van der Waals surface area contributed by atoms with Gasteiger partial charge in [-0.25, -0.2) is 4.98 Å². The number of fused-ring (bicyclic) bond motifs is 1. The van der Waals surface area contributed by atoms with E-state index in [0.717, 1.165) is 35.4 Å². The van der Waals surface area contributed by atoms with Gasteiger partial charge in [0.15, 0.2) is 5.78 Å². The van der Waals surface area contributed by atoms with Gasteiger partial charge in [-0.15, -0.1) is 0 Å². The summed E-state index contributed by atoms with van der Waals surface area (Å²) in [7, 11) is 0. The Bertz CT molecular complexity index is 1060. The minimum atomic E-state index is 0.0608. The molecule has 2 atom stereocenters. The van der Waals surface area contributed by atoms with Gasteiger partial charge in [-0.05, 0) is 61.8 Å². The van der Waals surface area contributed by atoms with E-state index in [-0.39, 0.29) is 5.78 Å². The molecule has 1 saturated carbocycles. The molecule has 5 heteroatoms. The fourth-order valence-corrected chi connectivity index (χ4v) is 5.13. The van der Waals surface area contributed by atoms with Gasteiger partial charge in [0.25, 0.3) is 0 Å². The lowest BCUT2D eigenvalue weighted by Gasteiger charge is -2.37. The second kappa shape index (κ2) is 7.86. The van der Waals surface area contributed by atoms with Crippen LogP contribution >= 0.6 is 0 Å². The van der Waals surface area contributed by atoms with Gasteiger partial charge in [0.2, 0.25) is 0 Å². The molecule has 1 aliphatic carbocycles. The number of piperidine rings is 1. The number of anilines is 1. The molecule has 30 heavy (non-hydrogen) atoms. The van der Waals surface area contributed by atoms with Gasteiger partial charge in [-0.1, -0.05) is 13.8 Å². The number of aromatic nitrogens is 3. The highest BCUT2D eigenvalue weighted by Crippen LogP contribution is 2.34. The normalized spacial score (nSPS) is 22.3. The summed E-state index contributed by atoms with van der Waals surface area (Å²) in [5.41, 5.74) is 3.64. The zero-order valence-corrected chi connectivity index (χ0v) is 17.9. The van der Waals surface area contributed by atoms with E-state index in [0.29, 0.717) is 30.0 Å². The van der Waals surface area contributed by atoms with Crippen LogP contribution in [0.3, 0.4) is 0 Å². The summed E-state index contributed by atoms with van der Waals surface area (Å²) < 4.78 is 2.25. The molecule has 1 aliphatic heterocycles. The Morgan fingerprint density at radius 3 is 2.63 bits per heavy atom. The Morgan fingerprint density at radius 2 is 1.90 bits per heavy atom. The molecule has 5 rings (SSSR count). The van der Waals surface area contributed by atoms with E-state index in [9.17, 15) is 4.79 Å². The van der Waals surface area contributed by atoms with Crippen molar-refractivity contribution in [3.8, 4) is 0 Å². The summed E-state index contributed by atoms with van der Waals surface area (Å²) in [6.45, 7) is 6.69. The molecule has 5 nitrogen and oxygen atoms in total. The van der Waals surface area contributed by atoms with Crippen molar-refractivity contribution in [3.63, 3.8) is 0 Å². The van der Waals surface area contributed by atoms with E-state index >= 15 is 0 Å². The van der Waals surface area contributed by atoms with Gasteiger partial charge in [-0.3, -0.25) is 9.78 Å². The minimum Gasteiger partial charge on any atom is -0.371 e. The third kappa shape index (κ3) is 3.62. The molecule has 3 aromatic heterocycles. The molecule has 2 aliphatic rings. The van der Waals surface area contributed by atoms with Crippen molar-refractivity contribution in [1.82, 2.24) is 14.5 Å². The molecule has 0 radical (unpaired) electrons. The molecule has 3 aromatic rings. The van der Waals surface area contributed by atoms with Gasteiger partial charge in [0, 0.05) is 60.8 Å². The highest BCUT2D eigenvalue weighted by Gasteiger charge is 2.25. The number of hydrogen-bond donors (Lipinski definition) is 0. The van der Waals surface area contributed by atoms with Crippen LogP contribution in [0.2, 0.25) is 0 Å². The summed E-state index contributed by atoms with van der Waals surface area (Å²) in [6, 6.07) is 8.60. The molecule has 0 spiro atoms. The van der Waals surface area contributed by atoms with Crippen molar-refractivity contribution in [2.75, 3.05) is 18.0 Å². The summed E-state index contributed by atoms with van der Waals surface area (Å²) >= 11 is 0. The number of ketones is 1. The topological polar surface area (TPSA) is 51.0 Å². The lowest BCUT2D eigenvalue weighted by atomic mass is 9.91. The van der Waals surface area contributed by atoms with E-state index in [4.69, 9.17) is 4.98 Å². The van der Waals surface area contributed by atoms with Crippen LogP contribution in [-0.4, -0.2) is 33.4 Å². The van der Waals surface area contributed by atoms with E-state index in [2.05, 4.69) is 46.6 Å². The Morgan fingerprint density at radius 1 is 1.10 bits per heavy atom. The average molecular weight is 403 g/mol. The van der Waals surface area contributed by atoms with Gasteiger partial charge in [0.1, 0.15) is 11.3 Å². The molecular weight excluding hydrogens is 372 g/mol. The zero-order chi connectivity index (χ0) is 20.7. The standard InChI is InChI=1S/C25H30N4O/c1-17-12-18(2)16-28(15-17)23-8-10-26-14-20(23)13-24(30)22-7-6-19-9-11-29(25(19)27-22)21-4-3-5-21/h6-11,14,17-18,21H,3-5,12-13,15-16H2,1-2H3/t17-,18+. The van der Waals surface area contributed by atoms with E-state index < -0.39 is 0 Å². The summed E-state index contributed by atoms with van der Waals surface area (Å²) in [4.78, 5) is 24.7. The van der Waals surface area contributed by atoms with Crippen molar-refractivity contribution in [2.45, 2.75) is 52.0 Å². The number of hydrogen-bond acceptors (Lipinski definition) is 4. The van der Waals surface area contributed by atoms with E-state index in [1.165, 1.54) is 25.7 Å². The Hall–Kier alpha value is -2.69. The maximum Gasteiger partial charge on any atom is 0.185 e. The van der Waals surface area contributed by atoms with Gasteiger partial charge in [-0.2, -0.15) is 0 Å². The van der Waals surface area contributed by atoms with Crippen molar-refractivity contribution in [3.05, 3.63) is 54.1 Å². The number of rotatable bonds is 5. The lowest BCUT2D eigenvalue weighted by molar-refractivity contribution is 0.0988. The molecule has 4 heterocycles. The van der Waals surface area contributed by atoms with Crippen LogP contribution in [0.15, 0.2) is 42.9 Å². The van der Waals surface area contributed by atoms with Crippen LogP contribution in [0, 0.1) is 11.8 Å². The maximum absolute atomic E-state index is 13.2. The van der Waals surface area contributed by atoms with Crippen LogP contribution in [0.5, 0.6) is 0 Å². The number of Topliss-reactive ketones (excluding diaryl/α,β-unsaturated/α-hetero) is 1. The Labute approximate surface area is 178 Å². The first-order chi connectivity index (χ1) is 14.6. The van der Waals surface area contributed by atoms with Gasteiger partial charge >= 0.3 is 0 Å². The smallest absolute Gasteiger partial charge is 0.185 e. The molecule has 156 valence electrons. The highest BCUT2D eigenvalue weighted by atomic mass is 16.1. The monoisotopic (exact) mass is 402 g/mol. The van der Waals surface area contributed by atoms with Crippen molar-refractivity contribution >= 4 is 22.5 Å². The number of carbonyl (C=O) groups excluding carboxylic acids is 1. The van der Waals surface area contributed by atoms with Crippen LogP contribution in [0.4, 0.5) is 5.69 Å². The molecule has 1 saturated heterocycles. The number of pyridine rings is 2. The van der Waals surface area contributed by atoms with Crippen molar-refractivity contribution in [2.24, 2.45) is 11.8 Å². The highest BCUT2D eigenvalue weighted by molar-refractivity contribution is 5.98. The Kier molecular flexibility index (Phi) is 5.05. The molecular formula is C25H30N4O. The van der Waals surface area contributed by atoms with Crippen molar-refractivity contribution < 1.29 is 4.79 Å². The molecule has 0 unspecified atom stereocenters. The Balaban J connectivity index is 1.40. The quantitative estimate of drug-likeness (QED) is 0.560. The summed E-state index contributed by atoms with van der Waals surface area (Å²) in [6.07, 6.45) is 11.1. The third-order valence-electron chi connectivity index (χ3n) is 6.76. The fourth-order valence-electron chi connectivity index (χ4n) is 5.13. The number of nitrogens with zero attached hydrogens (tertiary/aromatic N) is 4. The first-order valence-electron chi connectivity index (χ1n) is 11.3. The minimum absolute atomic E-state index is 0.0608. The number of carbonyl (C=O) groups is 1. The second-order valence-electron chi connectivity index (χ2n) is 9.37. The third-order valence-corrected chi connectivity index (χ3v) is 6.76.